The van der Waals surface area contributed by atoms with Crippen molar-refractivity contribution >= 4 is 51.7 Å². The predicted molar refractivity (Wildman–Crippen MR) is 11.5 cm³/mol. The molecule has 0 heterocycles. The SMILES string of the molecule is [In].[In].[Zn].[Zn].[Zn]. The zero-order valence-electron chi connectivity index (χ0n) is 3.28. The van der Waals surface area contributed by atoms with Gasteiger partial charge in [-0.25, -0.2) is 0 Å². The smallest absolute Gasteiger partial charge is 0 e. The second-order valence-corrected chi connectivity index (χ2v) is 0. The summed E-state index contributed by atoms with van der Waals surface area (Å²) >= 11 is 0. The first-order chi connectivity index (χ1) is 0. The Morgan fingerprint density at radius 3 is 0.400 bits per heavy atom. The molecule has 0 aliphatic rings. The minimum absolute atomic E-state index is 0. The van der Waals surface area contributed by atoms with Gasteiger partial charge in [-0.2, -0.15) is 0 Å². The van der Waals surface area contributed by atoms with Crippen molar-refractivity contribution < 1.29 is 58.4 Å². The fourth-order valence-corrected chi connectivity index (χ4v) is 0. The Labute approximate surface area is 108 Å². The minimum atomic E-state index is 0. The largest absolute Gasteiger partial charge is 0 e. The van der Waals surface area contributed by atoms with Gasteiger partial charge in [0.2, 0.25) is 0 Å². The van der Waals surface area contributed by atoms with Gasteiger partial charge in [0.25, 0.3) is 0 Å². The van der Waals surface area contributed by atoms with E-state index in [4.69, 9.17) is 0 Å². The molecule has 0 fully saturated rings. The van der Waals surface area contributed by atoms with Crippen molar-refractivity contribution in [2.45, 2.75) is 0 Å². The Bertz CT molecular complexity index is 4.85. The molecule has 0 atom stereocenters. The summed E-state index contributed by atoms with van der Waals surface area (Å²) in [5.41, 5.74) is 0. The van der Waals surface area contributed by atoms with Gasteiger partial charge in [0.05, 0.1) is 0 Å². The molecule has 0 amide bonds. The van der Waals surface area contributed by atoms with Crippen molar-refractivity contribution in [1.29, 1.82) is 0 Å². The van der Waals surface area contributed by atoms with Gasteiger partial charge >= 0.3 is 0 Å². The standard InChI is InChI=1S/2In.3Zn. The van der Waals surface area contributed by atoms with Crippen LogP contribution >= 0.6 is 0 Å². The van der Waals surface area contributed by atoms with Crippen molar-refractivity contribution in [2.75, 3.05) is 0 Å². The van der Waals surface area contributed by atoms with Gasteiger partial charge in [-0.3, -0.25) is 0 Å². The van der Waals surface area contributed by atoms with Crippen LogP contribution in [0.2, 0.25) is 0 Å². The molecule has 0 saturated heterocycles. The molecule has 0 aliphatic heterocycles. The van der Waals surface area contributed by atoms with Crippen LogP contribution in [0.3, 0.4) is 0 Å². The van der Waals surface area contributed by atoms with Gasteiger partial charge in [0.15, 0.2) is 0 Å². The van der Waals surface area contributed by atoms with Crippen molar-refractivity contribution in [3.8, 4) is 0 Å². The third-order valence-electron chi connectivity index (χ3n) is 0. The van der Waals surface area contributed by atoms with E-state index < -0.39 is 0 Å². The van der Waals surface area contributed by atoms with E-state index in [2.05, 4.69) is 0 Å². The monoisotopic (exact) mass is 422 g/mol. The summed E-state index contributed by atoms with van der Waals surface area (Å²) in [5, 5.41) is 0. The van der Waals surface area contributed by atoms with Crippen LogP contribution in [0.25, 0.3) is 0 Å². The van der Waals surface area contributed by atoms with Crippen LogP contribution in [0.15, 0.2) is 0 Å². The first kappa shape index (κ1) is 38.3. The van der Waals surface area contributed by atoms with E-state index in [-0.39, 0.29) is 110 Å². The average Bonchev–Trinajstić information content (AvgIpc) is 0. The third-order valence-corrected chi connectivity index (χ3v) is 0. The number of hydrogen-bond donors (Lipinski definition) is 0. The molecule has 0 spiro atoms. The molecule has 12 valence electrons. The summed E-state index contributed by atoms with van der Waals surface area (Å²) in [6.07, 6.45) is 0. The summed E-state index contributed by atoms with van der Waals surface area (Å²) in [5.74, 6) is 0. The van der Waals surface area contributed by atoms with Crippen LogP contribution < -0.4 is 0 Å². The zero-order chi connectivity index (χ0) is 0. The zero-order valence-corrected chi connectivity index (χ0v) is 18.8. The molecule has 0 N–H and O–H groups in total. The van der Waals surface area contributed by atoms with Crippen molar-refractivity contribution in [3.63, 3.8) is 0 Å². The average molecular weight is 426 g/mol. The van der Waals surface area contributed by atoms with E-state index in [1.807, 2.05) is 0 Å². The van der Waals surface area contributed by atoms with E-state index in [0.29, 0.717) is 0 Å². The maximum atomic E-state index is 0. The van der Waals surface area contributed by atoms with Gasteiger partial charge in [-0.1, -0.05) is 0 Å². The van der Waals surface area contributed by atoms with Gasteiger partial charge in [0.1, 0.15) is 0 Å². The molecule has 5 heteroatoms. The second-order valence-electron chi connectivity index (χ2n) is 0. The topological polar surface area (TPSA) is 0 Å². The van der Waals surface area contributed by atoms with Crippen LogP contribution in [0, 0.1) is 0 Å². The van der Waals surface area contributed by atoms with Gasteiger partial charge < -0.3 is 0 Å². The van der Waals surface area contributed by atoms with E-state index in [9.17, 15) is 0 Å². The molecule has 0 unspecified atom stereocenters. The molecule has 0 saturated carbocycles. The molecule has 6 radical (unpaired) electrons. The molecule has 0 rings (SSSR count). The van der Waals surface area contributed by atoms with Gasteiger partial charge in [-0.15, -0.1) is 0 Å². The summed E-state index contributed by atoms with van der Waals surface area (Å²) in [6, 6.07) is 0. The van der Waals surface area contributed by atoms with Gasteiger partial charge in [0, 0.05) is 110 Å². The van der Waals surface area contributed by atoms with Crippen molar-refractivity contribution in [3.05, 3.63) is 0 Å². The van der Waals surface area contributed by atoms with Crippen LogP contribution in [0.4, 0.5) is 0 Å². The summed E-state index contributed by atoms with van der Waals surface area (Å²) in [7, 11) is 0. The Kier molecular flexibility index (Phi) is 195. The van der Waals surface area contributed by atoms with Crippen LogP contribution in [-0.2, 0) is 58.4 Å². The molecule has 0 aliphatic carbocycles. The van der Waals surface area contributed by atoms with E-state index >= 15 is 0 Å². The van der Waals surface area contributed by atoms with Crippen LogP contribution in [-0.4, -0.2) is 51.7 Å². The number of rotatable bonds is 0. The Hall–Kier alpha value is 3.61. The van der Waals surface area contributed by atoms with E-state index in [0.717, 1.165) is 0 Å². The molecule has 0 bridgehead atoms. The first-order valence-electron chi connectivity index (χ1n) is 0. The molecule has 0 aromatic carbocycles. The molecule has 0 aromatic heterocycles. The summed E-state index contributed by atoms with van der Waals surface area (Å²) in [6.45, 7) is 0. The maximum absolute atomic E-state index is 0. The van der Waals surface area contributed by atoms with Crippen LogP contribution in [0.5, 0.6) is 0 Å². The summed E-state index contributed by atoms with van der Waals surface area (Å²) < 4.78 is 0. The Balaban J connectivity index is 0. The normalized spacial score (nSPS) is 0. The summed E-state index contributed by atoms with van der Waals surface area (Å²) in [4.78, 5) is 0. The molecule has 0 nitrogen and oxygen atoms in total. The Morgan fingerprint density at radius 2 is 0.400 bits per heavy atom. The molecule has 5 heavy (non-hydrogen) atoms. The molecule has 0 aromatic rings. The number of hydrogen-bond acceptors (Lipinski definition) is 0. The van der Waals surface area contributed by atoms with Crippen LogP contribution in [0.1, 0.15) is 0 Å². The molecular weight excluding hydrogens is 426 g/mol. The van der Waals surface area contributed by atoms with Crippen molar-refractivity contribution in [1.82, 2.24) is 0 Å². The fourth-order valence-electron chi connectivity index (χ4n) is 0. The van der Waals surface area contributed by atoms with Gasteiger partial charge in [-0.05, 0) is 0 Å². The minimum Gasteiger partial charge on any atom is 0 e. The first-order valence-corrected chi connectivity index (χ1v) is 0. The quantitative estimate of drug-likeness (QED) is 0.447. The predicted octanol–water partition coefficient (Wildman–Crippen LogP) is -0.769. The van der Waals surface area contributed by atoms with Crippen molar-refractivity contribution in [2.24, 2.45) is 0 Å². The fraction of sp³-hybridized carbons (Fsp3) is 0. The second kappa shape index (κ2) is 25.5. The maximum Gasteiger partial charge on any atom is 0 e. The van der Waals surface area contributed by atoms with E-state index in [1.54, 1.807) is 0 Å². The third kappa shape index (κ3) is 18.4. The Morgan fingerprint density at radius 1 is 0.400 bits per heavy atom. The molecular formula is In2Zn3. The van der Waals surface area contributed by atoms with E-state index in [1.165, 1.54) is 0 Å².